The van der Waals surface area contributed by atoms with Crippen LogP contribution in [-0.2, 0) is 33.2 Å². The Kier molecular flexibility index (Phi) is 6.81. The molecule has 1 spiro atoms. The summed E-state index contributed by atoms with van der Waals surface area (Å²) in [5.74, 6) is -1.47. The van der Waals surface area contributed by atoms with Gasteiger partial charge in [-0.2, -0.15) is 0 Å². The Bertz CT molecular complexity index is 1070. The maximum atomic E-state index is 7.00. The summed E-state index contributed by atoms with van der Waals surface area (Å²) in [6.45, 7) is 6.17. The standard InChI is InChI=1S/C28H34ClIO8/c1-4-17-9-10-19-20(32-17)21-22-23(33-19)24-28(36-22)26(27(35-21,37-24)12-11-16(29)13-14(2)30)34-25(38-28)15-5-7-18(31-3)8-6-15/h5-8,16-17,19-26H,2,4,9-13H2,1,3H3/t16-,17+,19+,20+,21?,22+,23-,24?,25+,26+,27-,28-/m1/s1. The molecule has 8 nitrogen and oxygen atoms in total. The van der Waals surface area contributed by atoms with Crippen LogP contribution < -0.4 is 4.74 Å². The van der Waals surface area contributed by atoms with E-state index < -0.39 is 30.1 Å². The van der Waals surface area contributed by atoms with Crippen molar-refractivity contribution in [2.45, 2.75) is 118 Å². The third-order valence-electron chi connectivity index (χ3n) is 8.88. The normalized spacial score (nSPS) is 46.9. The SMILES string of the molecule is C=C(I)C[C@H](Cl)CC[C@@]12OC3[C@H]4O[C@@H](CC)CC[C@@H]4O[C@H]4C(O1)[C@]1(O[C@@H](c5ccc(OC)cc5)O[C@@H]21)O[C@@H]34. The van der Waals surface area contributed by atoms with Crippen LogP contribution in [0.1, 0.15) is 57.3 Å². The Labute approximate surface area is 241 Å². The highest BCUT2D eigenvalue weighted by Gasteiger charge is 2.83. The van der Waals surface area contributed by atoms with E-state index in [9.17, 15) is 0 Å². The molecule has 0 N–H and O–H groups in total. The highest BCUT2D eigenvalue weighted by atomic mass is 127. The summed E-state index contributed by atoms with van der Waals surface area (Å²) in [5, 5.41) is -0.103. The minimum atomic E-state index is -1.14. The van der Waals surface area contributed by atoms with E-state index in [1.165, 1.54) is 0 Å². The molecule has 6 bridgehead atoms. The van der Waals surface area contributed by atoms with Gasteiger partial charge in [0.25, 0.3) is 0 Å². The maximum absolute atomic E-state index is 7.00. The molecule has 1 aromatic rings. The molecule has 7 heterocycles. The van der Waals surface area contributed by atoms with Gasteiger partial charge in [-0.3, -0.25) is 0 Å². The van der Waals surface area contributed by atoms with Gasteiger partial charge in [0, 0.05) is 17.4 Å². The first-order valence-corrected chi connectivity index (χ1v) is 15.2. The molecule has 1 aromatic carbocycles. The number of halogens is 2. The molecule has 0 radical (unpaired) electrons. The maximum Gasteiger partial charge on any atom is 0.233 e. The predicted octanol–water partition coefficient (Wildman–Crippen LogP) is 5.15. The fraction of sp³-hybridized carbons (Fsp3) is 0.714. The number of ether oxygens (including phenoxy) is 8. The minimum Gasteiger partial charge on any atom is -0.497 e. The molecule has 7 aliphatic heterocycles. The molecule has 7 aliphatic rings. The molecule has 38 heavy (non-hydrogen) atoms. The third kappa shape index (κ3) is 4.02. The van der Waals surface area contributed by atoms with Crippen molar-refractivity contribution in [2.75, 3.05) is 7.11 Å². The van der Waals surface area contributed by atoms with E-state index in [4.69, 9.17) is 49.5 Å². The molecule has 0 aliphatic carbocycles. The Morgan fingerprint density at radius 2 is 1.84 bits per heavy atom. The van der Waals surface area contributed by atoms with Crippen molar-refractivity contribution < 1.29 is 37.9 Å². The second kappa shape index (κ2) is 9.80. The number of alkyl halides is 1. The van der Waals surface area contributed by atoms with Gasteiger partial charge in [-0.1, -0.05) is 25.6 Å². The number of hydrogen-bond acceptors (Lipinski definition) is 8. The summed E-state index contributed by atoms with van der Waals surface area (Å²) in [6, 6.07) is 7.68. The van der Waals surface area contributed by atoms with Crippen LogP contribution in [0.4, 0.5) is 0 Å². The van der Waals surface area contributed by atoms with Gasteiger partial charge >= 0.3 is 0 Å². The van der Waals surface area contributed by atoms with Crippen LogP contribution in [-0.4, -0.2) is 72.9 Å². The fourth-order valence-electron chi connectivity index (χ4n) is 7.09. The first kappa shape index (κ1) is 26.4. The van der Waals surface area contributed by atoms with Crippen LogP contribution >= 0.6 is 34.2 Å². The summed E-state index contributed by atoms with van der Waals surface area (Å²) in [4.78, 5) is 0. The van der Waals surface area contributed by atoms with E-state index in [1.807, 2.05) is 24.3 Å². The number of hydrogen-bond donors (Lipinski definition) is 0. The Morgan fingerprint density at radius 1 is 1.05 bits per heavy atom. The van der Waals surface area contributed by atoms with Crippen molar-refractivity contribution in [2.24, 2.45) is 0 Å². The smallest absolute Gasteiger partial charge is 0.233 e. The van der Waals surface area contributed by atoms with Crippen LogP contribution in [0.3, 0.4) is 0 Å². The van der Waals surface area contributed by atoms with Crippen LogP contribution in [0.2, 0.25) is 0 Å². The largest absolute Gasteiger partial charge is 0.497 e. The van der Waals surface area contributed by atoms with E-state index in [1.54, 1.807) is 7.11 Å². The Balaban J connectivity index is 1.23. The summed E-state index contributed by atoms with van der Waals surface area (Å²) >= 11 is 8.95. The molecular formula is C28H34ClIO8. The topological polar surface area (TPSA) is 73.8 Å². The molecule has 8 rings (SSSR count). The average molecular weight is 661 g/mol. The van der Waals surface area contributed by atoms with Crippen LogP contribution in [0, 0.1) is 0 Å². The number of allylic oxidation sites excluding steroid dienone is 1. The van der Waals surface area contributed by atoms with Gasteiger partial charge in [0.15, 0.2) is 12.4 Å². The van der Waals surface area contributed by atoms with E-state index in [2.05, 4.69) is 36.1 Å². The van der Waals surface area contributed by atoms with E-state index in [0.717, 1.165) is 34.2 Å². The van der Waals surface area contributed by atoms with Gasteiger partial charge in [0.2, 0.25) is 11.6 Å². The lowest BCUT2D eigenvalue weighted by atomic mass is 9.86. The molecule has 12 atom stereocenters. The second-order valence-corrected chi connectivity index (χ2v) is 13.3. The van der Waals surface area contributed by atoms with Crippen molar-refractivity contribution in [3.63, 3.8) is 0 Å². The third-order valence-corrected chi connectivity index (χ3v) is 9.69. The van der Waals surface area contributed by atoms with Crippen molar-refractivity contribution in [3.8, 4) is 5.75 Å². The molecule has 0 saturated carbocycles. The molecular weight excluding hydrogens is 627 g/mol. The van der Waals surface area contributed by atoms with Crippen LogP contribution in [0.5, 0.6) is 5.75 Å². The summed E-state index contributed by atoms with van der Waals surface area (Å²) in [5.41, 5.74) is 0.873. The fourth-order valence-corrected chi connectivity index (χ4v) is 8.18. The molecule has 208 valence electrons. The zero-order valence-electron chi connectivity index (χ0n) is 21.6. The second-order valence-electron chi connectivity index (χ2n) is 11.2. The molecule has 2 unspecified atom stereocenters. The van der Waals surface area contributed by atoms with E-state index in [-0.39, 0.29) is 42.0 Å². The number of methoxy groups -OCH3 is 1. The molecule has 7 fully saturated rings. The highest BCUT2D eigenvalue weighted by molar-refractivity contribution is 14.1. The number of benzene rings is 1. The Hall–Kier alpha value is -0.500. The molecule has 7 saturated heterocycles. The first-order valence-electron chi connectivity index (χ1n) is 13.6. The number of rotatable bonds is 8. The monoisotopic (exact) mass is 660 g/mol. The molecule has 0 amide bonds. The van der Waals surface area contributed by atoms with Crippen molar-refractivity contribution in [1.29, 1.82) is 0 Å². The van der Waals surface area contributed by atoms with Gasteiger partial charge in [-0.05, 0) is 70.4 Å². The van der Waals surface area contributed by atoms with Gasteiger partial charge in [0.05, 0.1) is 19.3 Å². The van der Waals surface area contributed by atoms with Crippen LogP contribution in [0.25, 0.3) is 0 Å². The molecule has 10 heteroatoms. The summed E-state index contributed by atoms with van der Waals surface area (Å²) < 4.78 is 53.5. The van der Waals surface area contributed by atoms with Gasteiger partial charge < -0.3 is 37.9 Å². The zero-order valence-corrected chi connectivity index (χ0v) is 24.5. The predicted molar refractivity (Wildman–Crippen MR) is 145 cm³/mol. The quantitative estimate of drug-likeness (QED) is 0.280. The van der Waals surface area contributed by atoms with Gasteiger partial charge in [-0.25, -0.2) is 0 Å². The lowest BCUT2D eigenvalue weighted by Gasteiger charge is -2.47. The van der Waals surface area contributed by atoms with Gasteiger partial charge in [-0.15, -0.1) is 11.6 Å². The highest BCUT2D eigenvalue weighted by Crippen LogP contribution is 2.64. The lowest BCUT2D eigenvalue weighted by molar-refractivity contribution is -0.328. The zero-order chi connectivity index (χ0) is 26.2. The van der Waals surface area contributed by atoms with Crippen molar-refractivity contribution in [3.05, 3.63) is 40.0 Å². The van der Waals surface area contributed by atoms with E-state index in [0.29, 0.717) is 19.3 Å². The van der Waals surface area contributed by atoms with Crippen molar-refractivity contribution >= 4 is 34.2 Å². The molecule has 0 aromatic heterocycles. The Morgan fingerprint density at radius 3 is 2.58 bits per heavy atom. The van der Waals surface area contributed by atoms with Crippen molar-refractivity contribution in [1.82, 2.24) is 0 Å². The van der Waals surface area contributed by atoms with Crippen LogP contribution in [0.15, 0.2) is 34.4 Å². The van der Waals surface area contributed by atoms with E-state index >= 15 is 0 Å². The minimum absolute atomic E-state index is 0.0657. The summed E-state index contributed by atoms with van der Waals surface area (Å²) in [7, 11) is 1.65. The summed E-state index contributed by atoms with van der Waals surface area (Å²) in [6.07, 6.45) is 1.86. The lowest BCUT2D eigenvalue weighted by Crippen LogP contribution is -2.62. The number of fused-ring (bicyclic) bond motifs is 1. The average Bonchev–Trinajstić information content (AvgIpc) is 3.46. The first-order chi connectivity index (χ1) is 18.4. The van der Waals surface area contributed by atoms with Gasteiger partial charge in [0.1, 0.15) is 36.3 Å².